The summed E-state index contributed by atoms with van der Waals surface area (Å²) >= 11 is 0. The maximum absolute atomic E-state index is 12.5. The number of sulfonamides is 1. The number of hydrogen-bond acceptors (Lipinski definition) is 5. The van der Waals surface area contributed by atoms with E-state index < -0.39 is 21.8 Å². The largest absolute Gasteiger partial charge is 0.457 e. The molecule has 8 nitrogen and oxygen atoms in total. The number of carbonyl (C=O) groups is 2. The normalized spacial score (nSPS) is 11.1. The maximum Gasteiger partial charge on any atom is 0.251 e. The summed E-state index contributed by atoms with van der Waals surface area (Å²) in [6, 6.07) is 21.8. The van der Waals surface area contributed by atoms with E-state index in [-0.39, 0.29) is 11.4 Å². The lowest BCUT2D eigenvalue weighted by Gasteiger charge is -2.18. The SMILES string of the molecule is CCN(CC)S(=O)(=O)c1ccc(NC(=O)CNC(=O)c2ccc(Oc3ccccc3)cc2)cc1. The third-order valence-corrected chi connectivity index (χ3v) is 7.05. The molecule has 2 amide bonds. The van der Waals surface area contributed by atoms with Crippen LogP contribution in [-0.2, 0) is 14.8 Å². The van der Waals surface area contributed by atoms with E-state index in [4.69, 9.17) is 4.74 Å². The topological polar surface area (TPSA) is 105 Å². The maximum atomic E-state index is 12.5. The number of benzene rings is 3. The summed E-state index contributed by atoms with van der Waals surface area (Å²) in [7, 11) is -3.56. The molecule has 0 heterocycles. The molecular formula is C25H27N3O5S. The quantitative estimate of drug-likeness (QED) is 0.457. The Labute approximate surface area is 199 Å². The second-order valence-electron chi connectivity index (χ2n) is 7.28. The third kappa shape index (κ3) is 6.43. The molecule has 0 spiro atoms. The van der Waals surface area contributed by atoms with Gasteiger partial charge >= 0.3 is 0 Å². The molecule has 178 valence electrons. The average Bonchev–Trinajstić information content (AvgIpc) is 2.84. The van der Waals surface area contributed by atoms with Crippen LogP contribution in [0.3, 0.4) is 0 Å². The van der Waals surface area contributed by atoms with E-state index in [1.165, 1.54) is 28.6 Å². The minimum absolute atomic E-state index is 0.155. The van der Waals surface area contributed by atoms with Crippen LogP contribution in [0.2, 0.25) is 0 Å². The van der Waals surface area contributed by atoms with Crippen molar-refractivity contribution in [3.05, 3.63) is 84.4 Å². The second-order valence-corrected chi connectivity index (χ2v) is 9.22. The van der Waals surface area contributed by atoms with Gasteiger partial charge in [-0.05, 0) is 60.7 Å². The van der Waals surface area contributed by atoms with Gasteiger partial charge < -0.3 is 15.4 Å². The molecule has 3 rings (SSSR count). The second kappa shape index (κ2) is 11.4. The predicted octanol–water partition coefficient (Wildman–Crippen LogP) is 3.88. The van der Waals surface area contributed by atoms with Crippen molar-refractivity contribution in [2.45, 2.75) is 18.7 Å². The number of amides is 2. The first kappa shape index (κ1) is 24.9. The number of nitrogens with one attached hydrogen (secondary N) is 2. The van der Waals surface area contributed by atoms with E-state index in [1.54, 1.807) is 38.1 Å². The fraction of sp³-hybridized carbons (Fsp3) is 0.200. The highest BCUT2D eigenvalue weighted by atomic mass is 32.2. The van der Waals surface area contributed by atoms with Crippen molar-refractivity contribution in [2.24, 2.45) is 0 Å². The monoisotopic (exact) mass is 481 g/mol. The summed E-state index contributed by atoms with van der Waals surface area (Å²) in [5.41, 5.74) is 0.819. The lowest BCUT2D eigenvalue weighted by molar-refractivity contribution is -0.115. The molecule has 0 unspecified atom stereocenters. The molecule has 34 heavy (non-hydrogen) atoms. The lowest BCUT2D eigenvalue weighted by atomic mass is 10.2. The highest BCUT2D eigenvalue weighted by molar-refractivity contribution is 7.89. The standard InChI is InChI=1S/C25H27N3O5S/c1-3-28(4-2)34(31,32)23-16-12-20(13-17-23)27-24(29)18-26-25(30)19-10-14-22(15-11-19)33-21-8-6-5-7-9-21/h5-17H,3-4,18H2,1-2H3,(H,26,30)(H,27,29). The number of hydrogen-bond donors (Lipinski definition) is 2. The first-order valence-electron chi connectivity index (χ1n) is 10.8. The van der Waals surface area contributed by atoms with Gasteiger partial charge in [0, 0.05) is 24.3 Å². The van der Waals surface area contributed by atoms with E-state index in [0.29, 0.717) is 35.8 Å². The minimum Gasteiger partial charge on any atom is -0.457 e. The molecule has 0 aromatic heterocycles. The van der Waals surface area contributed by atoms with Gasteiger partial charge in [0.25, 0.3) is 5.91 Å². The van der Waals surface area contributed by atoms with Gasteiger partial charge in [0.2, 0.25) is 15.9 Å². The molecule has 0 aliphatic rings. The highest BCUT2D eigenvalue weighted by Crippen LogP contribution is 2.21. The van der Waals surface area contributed by atoms with Crippen LogP contribution in [-0.4, -0.2) is 44.2 Å². The van der Waals surface area contributed by atoms with Crippen molar-refractivity contribution in [2.75, 3.05) is 25.0 Å². The van der Waals surface area contributed by atoms with E-state index in [9.17, 15) is 18.0 Å². The zero-order valence-corrected chi connectivity index (χ0v) is 19.8. The van der Waals surface area contributed by atoms with Crippen molar-refractivity contribution >= 4 is 27.5 Å². The molecule has 0 saturated heterocycles. The Balaban J connectivity index is 1.51. The van der Waals surface area contributed by atoms with Crippen LogP contribution in [0.1, 0.15) is 24.2 Å². The van der Waals surface area contributed by atoms with E-state index in [1.807, 2.05) is 30.3 Å². The van der Waals surface area contributed by atoms with Gasteiger partial charge in [0.1, 0.15) is 11.5 Å². The smallest absolute Gasteiger partial charge is 0.251 e. The average molecular weight is 482 g/mol. The first-order chi connectivity index (χ1) is 16.3. The molecule has 3 aromatic carbocycles. The fourth-order valence-corrected chi connectivity index (χ4v) is 4.65. The van der Waals surface area contributed by atoms with Crippen LogP contribution < -0.4 is 15.4 Å². The first-order valence-corrected chi connectivity index (χ1v) is 12.3. The van der Waals surface area contributed by atoms with Gasteiger partial charge in [-0.3, -0.25) is 9.59 Å². The molecule has 0 aliphatic carbocycles. The molecule has 9 heteroatoms. The molecular weight excluding hydrogens is 454 g/mol. The molecule has 0 bridgehead atoms. The predicted molar refractivity (Wildman–Crippen MR) is 130 cm³/mol. The Morgan fingerprint density at radius 3 is 2.00 bits per heavy atom. The fourth-order valence-electron chi connectivity index (χ4n) is 3.19. The summed E-state index contributed by atoms with van der Waals surface area (Å²) in [6.07, 6.45) is 0. The van der Waals surface area contributed by atoms with Crippen LogP contribution in [0.15, 0.2) is 83.8 Å². The van der Waals surface area contributed by atoms with Gasteiger partial charge in [-0.2, -0.15) is 4.31 Å². The van der Waals surface area contributed by atoms with Gasteiger partial charge in [-0.25, -0.2) is 8.42 Å². The Morgan fingerprint density at radius 2 is 1.41 bits per heavy atom. The van der Waals surface area contributed by atoms with Crippen LogP contribution in [0.5, 0.6) is 11.5 Å². The van der Waals surface area contributed by atoms with E-state index >= 15 is 0 Å². The van der Waals surface area contributed by atoms with Gasteiger partial charge in [0.05, 0.1) is 11.4 Å². The van der Waals surface area contributed by atoms with Crippen molar-refractivity contribution < 1.29 is 22.7 Å². The number of para-hydroxylation sites is 1. The number of rotatable bonds is 10. The summed E-state index contributed by atoms with van der Waals surface area (Å²) in [5.74, 6) is 0.445. The number of ether oxygens (including phenoxy) is 1. The van der Waals surface area contributed by atoms with E-state index in [0.717, 1.165) is 0 Å². The molecule has 0 aliphatic heterocycles. The Bertz CT molecular complexity index is 1210. The van der Waals surface area contributed by atoms with Crippen molar-refractivity contribution in [3.63, 3.8) is 0 Å². The Morgan fingerprint density at radius 1 is 0.824 bits per heavy atom. The Hall–Kier alpha value is -3.69. The number of nitrogens with zero attached hydrogens (tertiary/aromatic N) is 1. The summed E-state index contributed by atoms with van der Waals surface area (Å²) in [6.45, 7) is 4.06. The van der Waals surface area contributed by atoms with Crippen LogP contribution in [0.4, 0.5) is 5.69 Å². The lowest BCUT2D eigenvalue weighted by Crippen LogP contribution is -2.33. The molecule has 0 radical (unpaired) electrons. The third-order valence-electron chi connectivity index (χ3n) is 4.99. The molecule has 0 atom stereocenters. The highest BCUT2D eigenvalue weighted by Gasteiger charge is 2.21. The van der Waals surface area contributed by atoms with Gasteiger partial charge in [0.15, 0.2) is 0 Å². The van der Waals surface area contributed by atoms with Gasteiger partial charge in [-0.15, -0.1) is 0 Å². The molecule has 0 saturated carbocycles. The van der Waals surface area contributed by atoms with Gasteiger partial charge in [-0.1, -0.05) is 32.0 Å². The van der Waals surface area contributed by atoms with Crippen molar-refractivity contribution in [1.82, 2.24) is 9.62 Å². The minimum atomic E-state index is -3.56. The zero-order chi connectivity index (χ0) is 24.6. The molecule has 2 N–H and O–H groups in total. The molecule has 0 fully saturated rings. The summed E-state index contributed by atoms with van der Waals surface area (Å²) < 4.78 is 32.1. The molecule has 3 aromatic rings. The van der Waals surface area contributed by atoms with Crippen LogP contribution >= 0.6 is 0 Å². The van der Waals surface area contributed by atoms with Crippen molar-refractivity contribution in [3.8, 4) is 11.5 Å². The zero-order valence-electron chi connectivity index (χ0n) is 19.0. The van der Waals surface area contributed by atoms with Crippen LogP contribution in [0.25, 0.3) is 0 Å². The van der Waals surface area contributed by atoms with Crippen LogP contribution in [0, 0.1) is 0 Å². The van der Waals surface area contributed by atoms with Crippen molar-refractivity contribution in [1.29, 1.82) is 0 Å². The number of carbonyl (C=O) groups excluding carboxylic acids is 2. The van der Waals surface area contributed by atoms with E-state index in [2.05, 4.69) is 10.6 Å². The number of anilines is 1. The Kier molecular flexibility index (Phi) is 8.39. The summed E-state index contributed by atoms with van der Waals surface area (Å²) in [4.78, 5) is 24.7. The summed E-state index contributed by atoms with van der Waals surface area (Å²) in [5, 5.41) is 5.20.